The van der Waals surface area contributed by atoms with E-state index in [4.69, 9.17) is 23.2 Å². The maximum atomic E-state index is 11.8. The number of carbonyl (C=O) groups excluding carboxylic acids is 2. The van der Waals surface area contributed by atoms with Gasteiger partial charge in [-0.2, -0.15) is 0 Å². The van der Waals surface area contributed by atoms with Crippen molar-refractivity contribution in [3.8, 4) is 11.3 Å². The van der Waals surface area contributed by atoms with Gasteiger partial charge in [-0.05, 0) is 24.1 Å². The van der Waals surface area contributed by atoms with Gasteiger partial charge >= 0.3 is 6.03 Å². The maximum absolute atomic E-state index is 11.8. The largest absolute Gasteiger partial charge is 0.329 e. The number of halogens is 2. The van der Waals surface area contributed by atoms with Gasteiger partial charge < -0.3 is 5.32 Å². The van der Waals surface area contributed by atoms with E-state index in [2.05, 4.69) is 10.3 Å². The maximum Gasteiger partial charge on any atom is 0.324 e. The molecule has 1 aromatic heterocycles. The van der Waals surface area contributed by atoms with E-state index in [9.17, 15) is 9.59 Å². The molecule has 1 saturated carbocycles. The zero-order valence-corrected chi connectivity index (χ0v) is 14.0. The fourth-order valence-corrected chi connectivity index (χ4v) is 3.48. The van der Waals surface area contributed by atoms with E-state index in [0.717, 1.165) is 23.2 Å². The predicted octanol–water partition coefficient (Wildman–Crippen LogP) is 3.46. The minimum atomic E-state index is -0.303. The average Bonchev–Trinajstić information content (AvgIpc) is 3.29. The third-order valence-corrected chi connectivity index (χ3v) is 5.23. The fourth-order valence-electron chi connectivity index (χ4n) is 3.08. The highest BCUT2D eigenvalue weighted by Crippen LogP contribution is 2.45. The van der Waals surface area contributed by atoms with E-state index >= 15 is 0 Å². The molecule has 0 radical (unpaired) electrons. The van der Waals surface area contributed by atoms with Crippen molar-refractivity contribution in [1.29, 1.82) is 0 Å². The zero-order chi connectivity index (χ0) is 16.8. The standard InChI is InChI=1S/C17H13Cl2N3O2/c18-12-3-1-2-10(16(12)19)13-5-4-9(7-20-13)11-6-14(11)22-15(23)8-21-17(22)24/h1-5,7,11,14H,6,8H2,(H,21,24). The lowest BCUT2D eigenvalue weighted by Crippen LogP contribution is -2.33. The smallest absolute Gasteiger partial charge is 0.324 e. The van der Waals surface area contributed by atoms with Crippen molar-refractivity contribution in [2.24, 2.45) is 0 Å². The summed E-state index contributed by atoms with van der Waals surface area (Å²) in [6, 6.07) is 8.90. The number of urea groups is 1. The van der Waals surface area contributed by atoms with Crippen LogP contribution >= 0.6 is 23.2 Å². The molecule has 2 aromatic rings. The number of benzene rings is 1. The third-order valence-electron chi connectivity index (χ3n) is 4.41. The lowest BCUT2D eigenvalue weighted by molar-refractivity contribution is -0.125. The highest BCUT2D eigenvalue weighted by atomic mass is 35.5. The lowest BCUT2D eigenvalue weighted by Gasteiger charge is -2.12. The summed E-state index contributed by atoms with van der Waals surface area (Å²) in [6.45, 7) is 0.0898. The molecule has 4 rings (SSSR count). The van der Waals surface area contributed by atoms with Crippen LogP contribution in [0.15, 0.2) is 36.5 Å². The molecule has 2 unspecified atom stereocenters. The Labute approximate surface area is 148 Å². The summed E-state index contributed by atoms with van der Waals surface area (Å²) in [5.74, 6) is -0.0167. The van der Waals surface area contributed by atoms with Gasteiger partial charge in [-0.25, -0.2) is 4.79 Å². The number of rotatable bonds is 3. The molecule has 1 N–H and O–H groups in total. The van der Waals surface area contributed by atoms with Gasteiger partial charge in [0, 0.05) is 23.7 Å². The van der Waals surface area contributed by atoms with Gasteiger partial charge in [0.05, 0.1) is 22.3 Å². The minimum Gasteiger partial charge on any atom is -0.329 e. The van der Waals surface area contributed by atoms with Crippen molar-refractivity contribution < 1.29 is 9.59 Å². The Morgan fingerprint density at radius 2 is 2.00 bits per heavy atom. The molecule has 5 nitrogen and oxygen atoms in total. The Morgan fingerprint density at radius 3 is 2.67 bits per heavy atom. The molecular formula is C17H13Cl2N3O2. The summed E-state index contributed by atoms with van der Waals surface area (Å²) in [4.78, 5) is 29.2. The second kappa shape index (κ2) is 5.76. The molecule has 2 atom stereocenters. The SMILES string of the molecule is O=C1CNC(=O)N1C1CC1c1ccc(-c2cccc(Cl)c2Cl)nc1. The predicted molar refractivity (Wildman–Crippen MR) is 91.1 cm³/mol. The highest BCUT2D eigenvalue weighted by Gasteiger charge is 2.49. The molecule has 1 aromatic carbocycles. The molecule has 3 amide bonds. The first-order valence-electron chi connectivity index (χ1n) is 7.56. The summed E-state index contributed by atoms with van der Waals surface area (Å²) in [5.41, 5.74) is 2.52. The van der Waals surface area contributed by atoms with Crippen LogP contribution in [0.1, 0.15) is 17.9 Å². The Kier molecular flexibility index (Phi) is 3.70. The Bertz CT molecular complexity index is 822. The molecule has 1 aliphatic carbocycles. The normalized spacial score (nSPS) is 22.7. The van der Waals surface area contributed by atoms with Crippen molar-refractivity contribution in [3.63, 3.8) is 0 Å². The molecule has 0 bridgehead atoms. The van der Waals surface area contributed by atoms with Gasteiger partial charge in [0.15, 0.2) is 0 Å². The topological polar surface area (TPSA) is 62.3 Å². The first kappa shape index (κ1) is 15.4. The number of nitrogens with zero attached hydrogens (tertiary/aromatic N) is 2. The second-order valence-electron chi connectivity index (χ2n) is 5.91. The quantitative estimate of drug-likeness (QED) is 0.851. The highest BCUT2D eigenvalue weighted by molar-refractivity contribution is 6.43. The van der Waals surface area contributed by atoms with Crippen molar-refractivity contribution >= 4 is 35.1 Å². The molecule has 1 aliphatic heterocycles. The molecule has 7 heteroatoms. The van der Waals surface area contributed by atoms with Gasteiger partial charge in [0.2, 0.25) is 5.91 Å². The number of aromatic nitrogens is 1. The number of carbonyl (C=O) groups is 2. The van der Waals surface area contributed by atoms with Gasteiger partial charge in [0.25, 0.3) is 0 Å². The van der Waals surface area contributed by atoms with Gasteiger partial charge in [-0.15, -0.1) is 0 Å². The van der Waals surface area contributed by atoms with Gasteiger partial charge in [0.1, 0.15) is 0 Å². The Morgan fingerprint density at radius 1 is 1.17 bits per heavy atom. The third kappa shape index (κ3) is 2.54. The summed E-state index contributed by atoms with van der Waals surface area (Å²) in [5, 5.41) is 3.51. The van der Waals surface area contributed by atoms with E-state index in [1.807, 2.05) is 24.3 Å². The van der Waals surface area contributed by atoms with E-state index in [1.165, 1.54) is 4.90 Å². The summed E-state index contributed by atoms with van der Waals surface area (Å²) < 4.78 is 0. The van der Waals surface area contributed by atoms with Gasteiger partial charge in [-0.3, -0.25) is 14.7 Å². The van der Waals surface area contributed by atoms with Gasteiger partial charge in [-0.1, -0.05) is 41.4 Å². The molecule has 1 saturated heterocycles. The molecule has 24 heavy (non-hydrogen) atoms. The summed E-state index contributed by atoms with van der Waals surface area (Å²) >= 11 is 12.3. The number of nitrogens with one attached hydrogen (secondary N) is 1. The fraction of sp³-hybridized carbons (Fsp3) is 0.235. The minimum absolute atomic E-state index is 0.0672. The van der Waals surface area contributed by atoms with Crippen molar-refractivity contribution in [2.75, 3.05) is 6.54 Å². The van der Waals surface area contributed by atoms with Crippen LogP contribution in [0.3, 0.4) is 0 Å². The van der Waals surface area contributed by atoms with Crippen LogP contribution in [-0.2, 0) is 4.79 Å². The Hall–Kier alpha value is -2.11. The summed E-state index contributed by atoms with van der Waals surface area (Å²) in [6.07, 6.45) is 2.55. The van der Waals surface area contributed by atoms with Crippen molar-refractivity contribution in [3.05, 3.63) is 52.1 Å². The second-order valence-corrected chi connectivity index (χ2v) is 6.70. The Balaban J connectivity index is 1.54. The van der Waals surface area contributed by atoms with Crippen LogP contribution in [0.2, 0.25) is 10.0 Å². The van der Waals surface area contributed by atoms with E-state index in [0.29, 0.717) is 10.0 Å². The number of hydrogen-bond acceptors (Lipinski definition) is 3. The first-order chi connectivity index (χ1) is 11.6. The van der Waals surface area contributed by atoms with Crippen LogP contribution < -0.4 is 5.32 Å². The van der Waals surface area contributed by atoms with Crippen molar-refractivity contribution in [2.45, 2.75) is 18.4 Å². The van der Waals surface area contributed by atoms with E-state index < -0.39 is 0 Å². The van der Waals surface area contributed by atoms with E-state index in [-0.39, 0.29) is 30.4 Å². The number of imide groups is 1. The number of pyridine rings is 1. The molecule has 2 fully saturated rings. The molecular weight excluding hydrogens is 349 g/mol. The van der Waals surface area contributed by atoms with Crippen LogP contribution in [0, 0.1) is 0 Å². The zero-order valence-electron chi connectivity index (χ0n) is 12.5. The molecule has 122 valence electrons. The van der Waals surface area contributed by atoms with E-state index in [1.54, 1.807) is 12.3 Å². The molecule has 2 heterocycles. The monoisotopic (exact) mass is 361 g/mol. The van der Waals surface area contributed by atoms with Crippen LogP contribution in [-0.4, -0.2) is 34.4 Å². The van der Waals surface area contributed by atoms with Crippen LogP contribution in [0.5, 0.6) is 0 Å². The first-order valence-corrected chi connectivity index (χ1v) is 8.32. The summed E-state index contributed by atoms with van der Waals surface area (Å²) in [7, 11) is 0. The van der Waals surface area contributed by atoms with Crippen LogP contribution in [0.4, 0.5) is 4.79 Å². The molecule has 0 spiro atoms. The number of hydrogen-bond donors (Lipinski definition) is 1. The van der Waals surface area contributed by atoms with Crippen molar-refractivity contribution in [1.82, 2.24) is 15.2 Å². The number of amides is 3. The lowest BCUT2D eigenvalue weighted by atomic mass is 10.1. The molecule has 2 aliphatic rings. The van der Waals surface area contributed by atoms with Crippen LogP contribution in [0.25, 0.3) is 11.3 Å². The average molecular weight is 362 g/mol.